The number of pyridine rings is 2. The lowest BCUT2D eigenvalue weighted by Gasteiger charge is -2.18. The highest BCUT2D eigenvalue weighted by Crippen LogP contribution is 2.41. The average molecular weight is 682 g/mol. The molecule has 1 atom stereocenters. The SMILES string of the molecule is COc1nc(-c2cccc(-c3cccc(Nc4nc(C)cc5c4c(=O)n(C)c(=O)n5C)c3C)c2Cl)cc2c1CCC2.NCC1CCC(=O)N1. The Bertz CT molecular complexity index is 2230. The summed E-state index contributed by atoms with van der Waals surface area (Å²) in [6, 6.07) is 16.0. The van der Waals surface area contributed by atoms with Crippen molar-refractivity contribution in [3.8, 4) is 28.3 Å². The van der Waals surface area contributed by atoms with Gasteiger partial charge in [-0.05, 0) is 74.4 Å². The molecule has 1 aliphatic heterocycles. The lowest BCUT2D eigenvalue weighted by atomic mass is 9.96. The molecule has 254 valence electrons. The third kappa shape index (κ3) is 6.43. The van der Waals surface area contributed by atoms with Crippen molar-refractivity contribution in [3.63, 3.8) is 0 Å². The predicted octanol–water partition coefficient (Wildman–Crippen LogP) is 5.10. The molecule has 1 saturated heterocycles. The molecule has 5 aromatic rings. The highest BCUT2D eigenvalue weighted by molar-refractivity contribution is 6.36. The van der Waals surface area contributed by atoms with Crippen LogP contribution in [0, 0.1) is 13.8 Å². The summed E-state index contributed by atoms with van der Waals surface area (Å²) in [5, 5.41) is 7.07. The lowest BCUT2D eigenvalue weighted by molar-refractivity contribution is -0.119. The van der Waals surface area contributed by atoms with Gasteiger partial charge in [0.25, 0.3) is 5.56 Å². The Morgan fingerprint density at radius 2 is 1.71 bits per heavy atom. The first-order valence-corrected chi connectivity index (χ1v) is 16.7. The second kappa shape index (κ2) is 13.9. The maximum Gasteiger partial charge on any atom is 0.330 e. The molecule has 1 unspecified atom stereocenters. The third-order valence-corrected chi connectivity index (χ3v) is 9.75. The Kier molecular flexibility index (Phi) is 9.58. The van der Waals surface area contributed by atoms with Crippen molar-refractivity contribution in [2.24, 2.45) is 19.8 Å². The number of carbonyl (C=O) groups excluding carboxylic acids is 1. The van der Waals surface area contributed by atoms with E-state index >= 15 is 0 Å². The number of amides is 1. The van der Waals surface area contributed by atoms with Crippen molar-refractivity contribution in [2.45, 2.75) is 52.0 Å². The van der Waals surface area contributed by atoms with Gasteiger partial charge in [0.15, 0.2) is 0 Å². The van der Waals surface area contributed by atoms with Gasteiger partial charge >= 0.3 is 5.69 Å². The minimum Gasteiger partial charge on any atom is -0.481 e. The minimum absolute atomic E-state index is 0.139. The van der Waals surface area contributed by atoms with Crippen molar-refractivity contribution >= 4 is 39.9 Å². The van der Waals surface area contributed by atoms with Crippen LogP contribution in [-0.2, 0) is 31.7 Å². The quantitative estimate of drug-likeness (QED) is 0.225. The number of aromatic nitrogens is 4. The van der Waals surface area contributed by atoms with Crippen LogP contribution in [-0.4, -0.2) is 44.7 Å². The van der Waals surface area contributed by atoms with E-state index in [-0.39, 0.29) is 17.6 Å². The topological polar surface area (TPSA) is 146 Å². The standard InChI is InChI=1S/C32H30ClN5O3.C5H10N2O/c1-17-15-26-27(31(39)38(4)32(40)37(26)3)29(34-17)35-24-14-8-10-20(18(24)2)22-12-7-13-23(28(22)33)25-16-19-9-6-11-21(19)30(36-25)41-5;6-3-4-1-2-5(8)7-4/h7-8,10,12-16H,6,9,11H2,1-5H3,(H,34,35);4H,1-3,6H2,(H,7,8). The summed E-state index contributed by atoms with van der Waals surface area (Å²) in [5.74, 6) is 1.20. The summed E-state index contributed by atoms with van der Waals surface area (Å²) in [7, 11) is 4.78. The van der Waals surface area contributed by atoms with Gasteiger partial charge in [0.05, 0.1) is 23.3 Å². The number of carbonyl (C=O) groups is 1. The van der Waals surface area contributed by atoms with Crippen LogP contribution in [0.5, 0.6) is 5.88 Å². The highest BCUT2D eigenvalue weighted by atomic mass is 35.5. The van der Waals surface area contributed by atoms with Crippen LogP contribution in [0.15, 0.2) is 58.1 Å². The summed E-state index contributed by atoms with van der Waals surface area (Å²) in [6.45, 7) is 4.41. The fourth-order valence-corrected chi connectivity index (χ4v) is 6.96. The number of hydrogen-bond donors (Lipinski definition) is 3. The number of fused-ring (bicyclic) bond motifs is 2. The number of ether oxygens (including phenoxy) is 1. The third-order valence-electron chi connectivity index (χ3n) is 9.35. The maximum atomic E-state index is 13.2. The normalized spacial score (nSPS) is 15.1. The van der Waals surface area contributed by atoms with E-state index in [1.165, 1.54) is 22.7 Å². The Labute approximate surface area is 289 Å². The molecule has 0 bridgehead atoms. The van der Waals surface area contributed by atoms with Crippen LogP contribution < -0.4 is 32.4 Å². The molecule has 1 aliphatic carbocycles. The van der Waals surface area contributed by atoms with Crippen LogP contribution >= 0.6 is 11.6 Å². The Morgan fingerprint density at radius 3 is 2.41 bits per heavy atom. The molecule has 49 heavy (non-hydrogen) atoms. The largest absolute Gasteiger partial charge is 0.481 e. The molecule has 1 fully saturated rings. The molecule has 4 N–H and O–H groups in total. The summed E-state index contributed by atoms with van der Waals surface area (Å²) >= 11 is 7.09. The van der Waals surface area contributed by atoms with Crippen LogP contribution in [0.4, 0.5) is 11.5 Å². The van der Waals surface area contributed by atoms with E-state index in [1.807, 2.05) is 50.2 Å². The molecule has 4 heterocycles. The van der Waals surface area contributed by atoms with Gasteiger partial charge in [-0.1, -0.05) is 41.9 Å². The molecule has 1 amide bonds. The van der Waals surface area contributed by atoms with E-state index < -0.39 is 5.56 Å². The monoisotopic (exact) mass is 681 g/mol. The summed E-state index contributed by atoms with van der Waals surface area (Å²) in [6.07, 6.45) is 4.64. The number of halogens is 1. The molecular weight excluding hydrogens is 642 g/mol. The number of benzene rings is 2. The zero-order valence-electron chi connectivity index (χ0n) is 28.3. The molecule has 0 radical (unpaired) electrons. The number of aryl methyl sites for hydroxylation is 3. The van der Waals surface area contributed by atoms with Crippen molar-refractivity contribution in [1.82, 2.24) is 24.4 Å². The fraction of sp³-hybridized carbons (Fsp3) is 0.324. The van der Waals surface area contributed by atoms with Gasteiger partial charge in [-0.3, -0.25) is 18.7 Å². The molecule has 2 aromatic carbocycles. The van der Waals surface area contributed by atoms with E-state index in [4.69, 9.17) is 27.1 Å². The van der Waals surface area contributed by atoms with Crippen molar-refractivity contribution in [1.29, 1.82) is 0 Å². The fourth-order valence-electron chi connectivity index (χ4n) is 6.64. The van der Waals surface area contributed by atoms with Gasteiger partial charge in [0.2, 0.25) is 11.8 Å². The van der Waals surface area contributed by atoms with Crippen LogP contribution in [0.3, 0.4) is 0 Å². The van der Waals surface area contributed by atoms with Gasteiger partial charge in [-0.2, -0.15) is 0 Å². The number of nitrogens with two attached hydrogens (primary N) is 1. The first-order chi connectivity index (χ1) is 23.5. The van der Waals surface area contributed by atoms with Crippen LogP contribution in [0.1, 0.15) is 41.6 Å². The summed E-state index contributed by atoms with van der Waals surface area (Å²) in [5.41, 5.74) is 13.3. The summed E-state index contributed by atoms with van der Waals surface area (Å²) in [4.78, 5) is 45.6. The summed E-state index contributed by atoms with van der Waals surface area (Å²) < 4.78 is 8.19. The van der Waals surface area contributed by atoms with Gasteiger partial charge in [0.1, 0.15) is 11.2 Å². The van der Waals surface area contributed by atoms with Crippen LogP contribution in [0.2, 0.25) is 5.02 Å². The molecular formula is C37H40ClN7O4. The Hall–Kier alpha value is -5.00. The van der Waals surface area contributed by atoms with Gasteiger partial charge in [0, 0.05) is 61.2 Å². The van der Waals surface area contributed by atoms with E-state index in [1.54, 1.807) is 20.2 Å². The number of anilines is 2. The molecule has 12 heteroatoms. The number of methoxy groups -OCH3 is 1. The number of nitrogens with zero attached hydrogens (tertiary/aromatic N) is 4. The van der Waals surface area contributed by atoms with Crippen LogP contribution in [0.25, 0.3) is 33.3 Å². The van der Waals surface area contributed by atoms with Gasteiger partial charge in [-0.25, -0.2) is 14.8 Å². The molecule has 0 spiro atoms. The van der Waals surface area contributed by atoms with E-state index in [2.05, 4.69) is 21.7 Å². The molecule has 2 aliphatic rings. The zero-order chi connectivity index (χ0) is 35.0. The lowest BCUT2D eigenvalue weighted by Crippen LogP contribution is -2.37. The van der Waals surface area contributed by atoms with E-state index in [9.17, 15) is 14.4 Å². The number of hydrogen-bond acceptors (Lipinski definition) is 8. The maximum absolute atomic E-state index is 13.2. The smallest absolute Gasteiger partial charge is 0.330 e. The number of rotatable bonds is 6. The number of nitrogens with one attached hydrogen (secondary N) is 2. The van der Waals surface area contributed by atoms with Crippen molar-refractivity contribution in [2.75, 3.05) is 19.0 Å². The molecule has 11 nitrogen and oxygen atoms in total. The first kappa shape index (κ1) is 33.9. The van der Waals surface area contributed by atoms with E-state index in [0.717, 1.165) is 63.9 Å². The molecule has 0 saturated carbocycles. The van der Waals surface area contributed by atoms with Crippen molar-refractivity contribution < 1.29 is 9.53 Å². The van der Waals surface area contributed by atoms with Gasteiger partial charge in [-0.15, -0.1) is 0 Å². The van der Waals surface area contributed by atoms with Crippen molar-refractivity contribution in [3.05, 3.63) is 96.8 Å². The molecule has 7 rings (SSSR count). The molecule has 3 aromatic heterocycles. The van der Waals surface area contributed by atoms with Gasteiger partial charge < -0.3 is 21.1 Å². The predicted molar refractivity (Wildman–Crippen MR) is 194 cm³/mol. The second-order valence-corrected chi connectivity index (χ2v) is 12.9. The minimum atomic E-state index is -0.403. The van der Waals surface area contributed by atoms with E-state index in [0.29, 0.717) is 46.3 Å². The second-order valence-electron chi connectivity index (χ2n) is 12.5. The highest BCUT2D eigenvalue weighted by Gasteiger charge is 2.22. The zero-order valence-corrected chi connectivity index (χ0v) is 29.1. The Morgan fingerprint density at radius 1 is 0.980 bits per heavy atom. The first-order valence-electron chi connectivity index (χ1n) is 16.3. The Balaban J connectivity index is 0.000000459. The average Bonchev–Trinajstić information content (AvgIpc) is 3.76.